The summed E-state index contributed by atoms with van der Waals surface area (Å²) < 4.78 is 19.6. The Morgan fingerprint density at radius 3 is 1.58 bits per heavy atom. The minimum Gasteiger partial charge on any atom is -0.195 e. The maximum absolute atomic E-state index is 9.16. The summed E-state index contributed by atoms with van der Waals surface area (Å²) in [5.41, 5.74) is 0. The lowest BCUT2D eigenvalue weighted by Crippen LogP contribution is -1.63. The van der Waals surface area contributed by atoms with Gasteiger partial charge in [0.1, 0.15) is 0 Å². The lowest BCUT2D eigenvalue weighted by Gasteiger charge is -1.80. The Morgan fingerprint density at radius 2 is 1.42 bits per heavy atom. The molecule has 2 nitrogen and oxygen atoms in total. The van der Waals surface area contributed by atoms with Crippen LogP contribution in [0.1, 0.15) is 0 Å². The van der Waals surface area contributed by atoms with Gasteiger partial charge in [-0.25, -0.2) is 0 Å². The van der Waals surface area contributed by atoms with Gasteiger partial charge >= 0.3 is 8.26 Å². The second-order valence-corrected chi connectivity index (χ2v) is 6.59. The predicted molar refractivity (Wildman–Crippen MR) is 59.8 cm³/mol. The van der Waals surface area contributed by atoms with Crippen molar-refractivity contribution in [3.63, 3.8) is 0 Å². The number of halogens is 3. The number of hydrogen-bond acceptors (Lipinski definition) is 2. The molecule has 0 unspecified atom stereocenters. The van der Waals surface area contributed by atoms with Gasteiger partial charge in [0.15, 0.2) is 0 Å². The molecular weight excluding hydrogens is 334 g/mol. The Balaban J connectivity index is 0.000000217. The lowest BCUT2D eigenvalue weighted by molar-refractivity contribution is 0.621. The molecule has 0 heterocycles. The van der Waals surface area contributed by atoms with E-state index in [0.717, 1.165) is 0 Å². The molecule has 1 rings (SSSR count). The summed E-state index contributed by atoms with van der Waals surface area (Å²) in [7, 11) is 4.81. The van der Waals surface area contributed by atoms with Crippen molar-refractivity contribution in [1.29, 1.82) is 0 Å². The molecule has 0 aromatic heterocycles. The van der Waals surface area contributed by atoms with Gasteiger partial charge in [-0.05, 0) is 34.7 Å². The average molecular weight is 339 g/mol. The van der Waals surface area contributed by atoms with E-state index in [2.05, 4.69) is 56.1 Å². The van der Waals surface area contributed by atoms with E-state index < -0.39 is 8.26 Å². The van der Waals surface area contributed by atoms with E-state index in [0.29, 0.717) is 0 Å². The molecule has 0 bridgehead atoms. The largest absolute Gasteiger partial charge is 0.317 e. The van der Waals surface area contributed by atoms with Gasteiger partial charge in [-0.15, -0.1) is 0 Å². The van der Waals surface area contributed by atoms with Gasteiger partial charge in [-0.2, -0.15) is 8.42 Å². The third-order valence-electron chi connectivity index (χ3n) is 0.733. The van der Waals surface area contributed by atoms with Crippen LogP contribution in [0.4, 0.5) is 0 Å². The van der Waals surface area contributed by atoms with Crippen LogP contribution < -0.4 is 0 Å². The minimum atomic E-state index is -3.72. The van der Waals surface area contributed by atoms with Crippen molar-refractivity contribution >= 4 is 52.2 Å². The van der Waals surface area contributed by atoms with Gasteiger partial charge in [-0.3, -0.25) is 0 Å². The van der Waals surface area contributed by atoms with Crippen LogP contribution in [0.5, 0.6) is 0 Å². The zero-order valence-electron chi connectivity index (χ0n) is 5.75. The van der Waals surface area contributed by atoms with Gasteiger partial charge in [0.2, 0.25) is 0 Å². The molecule has 0 saturated carbocycles. The molecule has 0 aliphatic rings. The van der Waals surface area contributed by atoms with E-state index >= 15 is 0 Å². The van der Waals surface area contributed by atoms with Gasteiger partial charge in [-0.1, -0.05) is 18.2 Å². The first-order chi connectivity index (χ1) is 5.39. The van der Waals surface area contributed by atoms with Crippen LogP contribution in [-0.2, 0) is 8.26 Å². The van der Waals surface area contributed by atoms with E-state index in [4.69, 9.17) is 8.42 Å². The van der Waals surface area contributed by atoms with E-state index in [1.807, 2.05) is 18.2 Å². The molecule has 0 atom stereocenters. The molecule has 1 aromatic carbocycles. The van der Waals surface area contributed by atoms with Crippen molar-refractivity contribution in [2.75, 3.05) is 0 Å². The summed E-state index contributed by atoms with van der Waals surface area (Å²) in [6, 6.07) is 10.2. The molecule has 0 radical (unpaired) electrons. The molecule has 0 aliphatic heterocycles. The number of hydrogen-bond donors (Lipinski definition) is 0. The molecule has 0 saturated heterocycles. The molecule has 12 heavy (non-hydrogen) atoms. The summed E-state index contributed by atoms with van der Waals surface area (Å²) in [5, 5.41) is 0. The minimum absolute atomic E-state index is 1.29. The van der Waals surface area contributed by atoms with Crippen LogP contribution >= 0.6 is 44.0 Å². The highest BCUT2D eigenvalue weighted by Crippen LogP contribution is 2.00. The number of rotatable bonds is 0. The van der Waals surface area contributed by atoms with Crippen molar-refractivity contribution in [1.82, 2.24) is 0 Å². The molecular formula is C6H5Cl2IO2S. The van der Waals surface area contributed by atoms with Crippen molar-refractivity contribution in [2.24, 2.45) is 0 Å². The van der Waals surface area contributed by atoms with E-state index in [9.17, 15) is 0 Å². The molecule has 0 fully saturated rings. The molecule has 0 amide bonds. The quantitative estimate of drug-likeness (QED) is 0.538. The van der Waals surface area contributed by atoms with Crippen molar-refractivity contribution in [2.45, 2.75) is 0 Å². The summed E-state index contributed by atoms with van der Waals surface area (Å²) in [5.74, 6) is 0. The second-order valence-electron chi connectivity index (χ2n) is 1.67. The average Bonchev–Trinajstić information content (AvgIpc) is 1.85. The molecule has 1 aromatic rings. The monoisotopic (exact) mass is 338 g/mol. The van der Waals surface area contributed by atoms with Crippen LogP contribution in [0, 0.1) is 3.57 Å². The lowest BCUT2D eigenvalue weighted by atomic mass is 10.4. The Kier molecular flexibility index (Phi) is 6.25. The highest BCUT2D eigenvalue weighted by Gasteiger charge is 1.88. The van der Waals surface area contributed by atoms with Gasteiger partial charge in [0.05, 0.1) is 0 Å². The maximum Gasteiger partial charge on any atom is 0.317 e. The second kappa shape index (κ2) is 6.01. The standard InChI is InChI=1S/C6H5I.Cl2O2S/c7-6-4-2-1-3-5-6;1-5(2,3)4/h1-5H;. The topological polar surface area (TPSA) is 34.1 Å². The zero-order chi connectivity index (χ0) is 9.61. The third kappa shape index (κ3) is 13.1. The first-order valence-corrected chi connectivity index (χ1v) is 6.96. The Bertz CT molecular complexity index is 304. The first-order valence-electron chi connectivity index (χ1n) is 2.74. The first kappa shape index (κ1) is 12.5. The SMILES string of the molecule is Ic1ccccc1.O=S(=O)(Cl)Cl. The smallest absolute Gasteiger partial charge is 0.195 e. The highest BCUT2D eigenvalue weighted by atomic mass is 127. The fourth-order valence-electron chi connectivity index (χ4n) is 0.415. The van der Waals surface area contributed by atoms with Crippen LogP contribution in [0.2, 0.25) is 0 Å². The van der Waals surface area contributed by atoms with Crippen molar-refractivity contribution in [3.05, 3.63) is 33.9 Å². The zero-order valence-corrected chi connectivity index (χ0v) is 10.2. The van der Waals surface area contributed by atoms with E-state index in [1.165, 1.54) is 3.57 Å². The molecule has 0 aliphatic carbocycles. The van der Waals surface area contributed by atoms with Gasteiger partial charge < -0.3 is 0 Å². The van der Waals surface area contributed by atoms with Crippen LogP contribution in [-0.4, -0.2) is 8.42 Å². The summed E-state index contributed by atoms with van der Waals surface area (Å²) >= 11 is 2.28. The maximum atomic E-state index is 9.16. The molecule has 0 N–H and O–H groups in total. The van der Waals surface area contributed by atoms with Gasteiger partial charge in [0, 0.05) is 24.9 Å². The van der Waals surface area contributed by atoms with Crippen LogP contribution in [0.25, 0.3) is 0 Å². The molecule has 0 spiro atoms. The Morgan fingerprint density at radius 1 is 1.08 bits per heavy atom. The van der Waals surface area contributed by atoms with Crippen LogP contribution in [0.15, 0.2) is 30.3 Å². The summed E-state index contributed by atoms with van der Waals surface area (Å²) in [4.78, 5) is 0. The van der Waals surface area contributed by atoms with Crippen molar-refractivity contribution < 1.29 is 8.42 Å². The summed E-state index contributed by atoms with van der Waals surface area (Å²) in [6.07, 6.45) is 0. The third-order valence-corrected chi connectivity index (χ3v) is 1.45. The highest BCUT2D eigenvalue weighted by molar-refractivity contribution is 14.1. The Hall–Kier alpha value is 0.480. The van der Waals surface area contributed by atoms with Crippen LogP contribution in [0.3, 0.4) is 0 Å². The molecule has 6 heteroatoms. The van der Waals surface area contributed by atoms with Gasteiger partial charge in [0.25, 0.3) is 0 Å². The normalized spacial score (nSPS) is 9.92. The fraction of sp³-hybridized carbons (Fsp3) is 0. The van der Waals surface area contributed by atoms with E-state index in [-0.39, 0.29) is 0 Å². The number of benzene rings is 1. The fourth-order valence-corrected chi connectivity index (χ4v) is 0.830. The summed E-state index contributed by atoms with van der Waals surface area (Å²) in [6.45, 7) is 0. The van der Waals surface area contributed by atoms with Crippen molar-refractivity contribution in [3.8, 4) is 0 Å². The Labute approximate surface area is 93.9 Å². The van der Waals surface area contributed by atoms with E-state index in [1.54, 1.807) is 0 Å². The molecule has 68 valence electrons. The predicted octanol–water partition coefficient (Wildman–Crippen LogP) is 3.00.